The third-order valence-corrected chi connectivity index (χ3v) is 2.74. The minimum absolute atomic E-state index is 0.0902. The summed E-state index contributed by atoms with van der Waals surface area (Å²) in [5.41, 5.74) is 5.03. The van der Waals surface area contributed by atoms with Gasteiger partial charge in [0.05, 0.1) is 19.3 Å². The van der Waals surface area contributed by atoms with Crippen molar-refractivity contribution < 1.29 is 14.3 Å². The maximum atomic E-state index is 11.9. The van der Waals surface area contributed by atoms with Gasteiger partial charge in [-0.15, -0.1) is 0 Å². The molecule has 6 nitrogen and oxygen atoms in total. The molecular weight excluding hydrogens is 222 g/mol. The van der Waals surface area contributed by atoms with Crippen LogP contribution in [0.3, 0.4) is 0 Å². The molecule has 1 fully saturated rings. The highest BCUT2D eigenvalue weighted by molar-refractivity contribution is 5.81. The summed E-state index contributed by atoms with van der Waals surface area (Å²) in [4.78, 5) is 24.3. The first-order valence-corrected chi connectivity index (χ1v) is 5.99. The quantitative estimate of drug-likeness (QED) is 0.591. The number of amides is 2. The Morgan fingerprint density at radius 3 is 2.65 bits per heavy atom. The van der Waals surface area contributed by atoms with Crippen LogP contribution in [-0.4, -0.2) is 55.6 Å². The Balaban J connectivity index is 2.19. The Morgan fingerprint density at radius 1 is 1.41 bits per heavy atom. The second kappa shape index (κ2) is 7.24. The number of morpholine rings is 1. The standard InChI is InChI=1S/C11H21N3O3/c1-9(13-4-2-3-10(12)15)11(16)14-5-7-17-8-6-14/h9,13H,2-8H2,1H3,(H2,12,15). The highest BCUT2D eigenvalue weighted by atomic mass is 16.5. The smallest absolute Gasteiger partial charge is 0.239 e. The van der Waals surface area contributed by atoms with Gasteiger partial charge < -0.3 is 20.7 Å². The Bertz CT molecular complexity index is 265. The van der Waals surface area contributed by atoms with E-state index in [2.05, 4.69) is 5.32 Å². The lowest BCUT2D eigenvalue weighted by molar-refractivity contribution is -0.137. The average Bonchev–Trinajstić information content (AvgIpc) is 2.34. The number of hydrogen-bond acceptors (Lipinski definition) is 4. The van der Waals surface area contributed by atoms with Crippen LogP contribution in [0.15, 0.2) is 0 Å². The second-order valence-electron chi connectivity index (χ2n) is 4.18. The van der Waals surface area contributed by atoms with Crippen LogP contribution < -0.4 is 11.1 Å². The summed E-state index contributed by atoms with van der Waals surface area (Å²) >= 11 is 0. The molecule has 1 aliphatic heterocycles. The van der Waals surface area contributed by atoms with Crippen LogP contribution in [-0.2, 0) is 14.3 Å². The normalized spacial score (nSPS) is 17.8. The van der Waals surface area contributed by atoms with Crippen LogP contribution >= 0.6 is 0 Å². The molecule has 1 aliphatic rings. The van der Waals surface area contributed by atoms with Crippen molar-refractivity contribution in [2.24, 2.45) is 5.73 Å². The summed E-state index contributed by atoms with van der Waals surface area (Å²) in [6.07, 6.45) is 1.02. The Kier molecular flexibility index (Phi) is 5.93. The molecule has 6 heteroatoms. The predicted molar refractivity (Wildman–Crippen MR) is 63.3 cm³/mol. The van der Waals surface area contributed by atoms with Crippen LogP contribution in [0.1, 0.15) is 19.8 Å². The van der Waals surface area contributed by atoms with Gasteiger partial charge >= 0.3 is 0 Å². The van der Waals surface area contributed by atoms with Crippen LogP contribution in [0.5, 0.6) is 0 Å². The number of primary amides is 1. The van der Waals surface area contributed by atoms with Crippen LogP contribution in [0, 0.1) is 0 Å². The van der Waals surface area contributed by atoms with E-state index in [1.807, 2.05) is 6.92 Å². The van der Waals surface area contributed by atoms with Gasteiger partial charge in [0.1, 0.15) is 0 Å². The van der Waals surface area contributed by atoms with Crippen molar-refractivity contribution in [3.05, 3.63) is 0 Å². The summed E-state index contributed by atoms with van der Waals surface area (Å²) in [6.45, 7) is 5.00. The van der Waals surface area contributed by atoms with Gasteiger partial charge in [-0.25, -0.2) is 0 Å². The highest BCUT2D eigenvalue weighted by Crippen LogP contribution is 2.00. The lowest BCUT2D eigenvalue weighted by atomic mass is 10.2. The molecule has 0 spiro atoms. The number of carbonyl (C=O) groups excluding carboxylic acids is 2. The maximum absolute atomic E-state index is 11.9. The minimum Gasteiger partial charge on any atom is -0.378 e. The fraction of sp³-hybridized carbons (Fsp3) is 0.818. The van der Waals surface area contributed by atoms with Gasteiger partial charge in [0.25, 0.3) is 0 Å². The SMILES string of the molecule is CC(NCCCC(N)=O)C(=O)N1CCOCC1. The Labute approximate surface area is 101 Å². The molecular formula is C11H21N3O3. The monoisotopic (exact) mass is 243 g/mol. The van der Waals surface area contributed by atoms with Crippen LogP contribution in [0.25, 0.3) is 0 Å². The van der Waals surface area contributed by atoms with Crippen molar-refractivity contribution in [1.82, 2.24) is 10.2 Å². The molecule has 0 aliphatic carbocycles. The van der Waals surface area contributed by atoms with Crippen molar-refractivity contribution in [3.63, 3.8) is 0 Å². The van der Waals surface area contributed by atoms with E-state index < -0.39 is 0 Å². The number of nitrogens with one attached hydrogen (secondary N) is 1. The first-order chi connectivity index (χ1) is 8.11. The molecule has 0 aromatic carbocycles. The number of nitrogens with zero attached hydrogens (tertiary/aromatic N) is 1. The maximum Gasteiger partial charge on any atom is 0.239 e. The number of nitrogens with two attached hydrogens (primary N) is 1. The lowest BCUT2D eigenvalue weighted by Crippen LogP contribution is -2.49. The zero-order valence-corrected chi connectivity index (χ0v) is 10.3. The largest absolute Gasteiger partial charge is 0.378 e. The van der Waals surface area contributed by atoms with E-state index in [0.29, 0.717) is 45.7 Å². The summed E-state index contributed by atoms with van der Waals surface area (Å²) in [7, 11) is 0. The molecule has 98 valence electrons. The summed E-state index contributed by atoms with van der Waals surface area (Å²) in [5, 5.41) is 3.10. The Hall–Kier alpha value is -1.14. The first-order valence-electron chi connectivity index (χ1n) is 5.99. The first kappa shape index (κ1) is 13.9. The fourth-order valence-corrected chi connectivity index (χ4v) is 1.73. The third kappa shape index (κ3) is 5.14. The van der Waals surface area contributed by atoms with Gasteiger partial charge in [-0.3, -0.25) is 9.59 Å². The van der Waals surface area contributed by atoms with E-state index in [1.165, 1.54) is 0 Å². The van der Waals surface area contributed by atoms with Gasteiger partial charge in [0, 0.05) is 19.5 Å². The molecule has 1 saturated heterocycles. The van der Waals surface area contributed by atoms with E-state index in [9.17, 15) is 9.59 Å². The summed E-state index contributed by atoms with van der Waals surface area (Å²) in [5.74, 6) is -0.216. The van der Waals surface area contributed by atoms with E-state index in [1.54, 1.807) is 4.90 Å². The minimum atomic E-state index is -0.307. The molecule has 0 radical (unpaired) electrons. The van der Waals surface area contributed by atoms with Crippen molar-refractivity contribution in [3.8, 4) is 0 Å². The fourth-order valence-electron chi connectivity index (χ4n) is 1.73. The second-order valence-corrected chi connectivity index (χ2v) is 4.18. The van der Waals surface area contributed by atoms with E-state index >= 15 is 0 Å². The highest BCUT2D eigenvalue weighted by Gasteiger charge is 2.21. The van der Waals surface area contributed by atoms with Crippen LogP contribution in [0.2, 0.25) is 0 Å². The molecule has 2 amide bonds. The third-order valence-electron chi connectivity index (χ3n) is 2.74. The molecule has 3 N–H and O–H groups in total. The summed E-state index contributed by atoms with van der Waals surface area (Å²) < 4.78 is 5.19. The molecule has 1 unspecified atom stereocenters. The van der Waals surface area contributed by atoms with Crippen molar-refractivity contribution in [1.29, 1.82) is 0 Å². The lowest BCUT2D eigenvalue weighted by Gasteiger charge is -2.29. The molecule has 1 heterocycles. The van der Waals surface area contributed by atoms with Crippen molar-refractivity contribution in [2.45, 2.75) is 25.8 Å². The van der Waals surface area contributed by atoms with Gasteiger partial charge in [-0.2, -0.15) is 0 Å². The van der Waals surface area contributed by atoms with Gasteiger partial charge in [0.15, 0.2) is 0 Å². The van der Waals surface area contributed by atoms with Crippen LogP contribution in [0.4, 0.5) is 0 Å². The van der Waals surface area contributed by atoms with Gasteiger partial charge in [-0.1, -0.05) is 0 Å². The van der Waals surface area contributed by atoms with Gasteiger partial charge in [0.2, 0.25) is 11.8 Å². The van der Waals surface area contributed by atoms with E-state index in [0.717, 1.165) is 0 Å². The van der Waals surface area contributed by atoms with Crippen molar-refractivity contribution >= 4 is 11.8 Å². The Morgan fingerprint density at radius 2 is 2.06 bits per heavy atom. The molecule has 0 aromatic heterocycles. The predicted octanol–water partition coefficient (Wildman–Crippen LogP) is -0.911. The molecule has 1 rings (SSSR count). The summed E-state index contributed by atoms with van der Waals surface area (Å²) in [6, 6.07) is -0.221. The number of hydrogen-bond donors (Lipinski definition) is 2. The molecule has 0 aromatic rings. The van der Waals surface area contributed by atoms with Crippen molar-refractivity contribution in [2.75, 3.05) is 32.8 Å². The number of ether oxygens (including phenoxy) is 1. The van der Waals surface area contributed by atoms with E-state index in [-0.39, 0.29) is 17.9 Å². The molecule has 0 bridgehead atoms. The number of carbonyl (C=O) groups is 2. The number of rotatable bonds is 6. The average molecular weight is 243 g/mol. The molecule has 1 atom stereocenters. The molecule has 17 heavy (non-hydrogen) atoms. The van der Waals surface area contributed by atoms with E-state index in [4.69, 9.17) is 10.5 Å². The zero-order chi connectivity index (χ0) is 12.7. The zero-order valence-electron chi connectivity index (χ0n) is 10.3. The van der Waals surface area contributed by atoms with Gasteiger partial charge in [-0.05, 0) is 19.9 Å². The topological polar surface area (TPSA) is 84.7 Å². The molecule has 0 saturated carbocycles.